The lowest BCUT2D eigenvalue weighted by molar-refractivity contribution is -0.323. The zero-order valence-electron chi connectivity index (χ0n) is 17.7. The molecule has 0 radical (unpaired) electrons. The molecule has 0 spiro atoms. The Balaban J connectivity index is 1.69. The number of ether oxygens (including phenoxy) is 1. The van der Waals surface area contributed by atoms with Crippen molar-refractivity contribution in [2.24, 2.45) is 16.7 Å². The molecule has 1 fully saturated rings. The van der Waals surface area contributed by atoms with Crippen molar-refractivity contribution >= 4 is 17.6 Å². The third-order valence-electron chi connectivity index (χ3n) is 6.90. The van der Waals surface area contributed by atoms with Crippen LogP contribution in [0.5, 0.6) is 11.5 Å². The van der Waals surface area contributed by atoms with Gasteiger partial charge in [0.15, 0.2) is 0 Å². The van der Waals surface area contributed by atoms with E-state index >= 15 is 0 Å². The Kier molecular flexibility index (Phi) is 5.44. The maximum Gasteiger partial charge on any atom is 0.228 e. The minimum atomic E-state index is -1.09. The van der Waals surface area contributed by atoms with Gasteiger partial charge in [0.2, 0.25) is 5.91 Å². The predicted octanol–water partition coefficient (Wildman–Crippen LogP) is 4.23. The van der Waals surface area contributed by atoms with Crippen molar-refractivity contribution in [2.75, 3.05) is 5.32 Å². The van der Waals surface area contributed by atoms with Crippen molar-refractivity contribution in [3.8, 4) is 11.5 Å². The average Bonchev–Trinajstić information content (AvgIpc) is 2.91. The summed E-state index contributed by atoms with van der Waals surface area (Å²) in [6.07, 6.45) is 0.959. The van der Waals surface area contributed by atoms with Crippen molar-refractivity contribution in [1.82, 2.24) is 0 Å². The van der Waals surface area contributed by atoms with Gasteiger partial charge in [-0.25, -0.2) is 0 Å². The molecule has 0 saturated heterocycles. The van der Waals surface area contributed by atoms with Crippen LogP contribution in [0, 0.1) is 30.6 Å². The monoisotopic (exact) mass is 394 g/mol. The molecule has 2 aromatic carbocycles. The van der Waals surface area contributed by atoms with Crippen molar-refractivity contribution < 1.29 is 19.4 Å². The zero-order chi connectivity index (χ0) is 21.4. The van der Waals surface area contributed by atoms with Gasteiger partial charge in [0.1, 0.15) is 11.5 Å². The van der Waals surface area contributed by atoms with E-state index in [-0.39, 0.29) is 5.91 Å². The molecule has 29 heavy (non-hydrogen) atoms. The summed E-state index contributed by atoms with van der Waals surface area (Å²) in [5, 5.41) is 14.6. The van der Waals surface area contributed by atoms with Crippen molar-refractivity contribution in [3.05, 3.63) is 53.6 Å². The number of carbonyl (C=O) groups excluding carboxylic acids is 2. The van der Waals surface area contributed by atoms with E-state index in [0.717, 1.165) is 16.9 Å². The quantitative estimate of drug-likeness (QED) is 0.823. The second-order valence-corrected chi connectivity index (χ2v) is 8.75. The molecule has 2 atom stereocenters. The number of aliphatic carboxylic acids is 1. The zero-order valence-corrected chi connectivity index (χ0v) is 17.7. The van der Waals surface area contributed by atoms with E-state index in [1.807, 2.05) is 58.0 Å². The normalized spacial score (nSPS) is 22.9. The van der Waals surface area contributed by atoms with Crippen LogP contribution >= 0.6 is 0 Å². The number of anilines is 1. The number of hydrogen-bond donors (Lipinski definition) is 1. The molecule has 0 unspecified atom stereocenters. The first-order valence-electron chi connectivity index (χ1n) is 9.93. The maximum atomic E-state index is 12.8. The fraction of sp³-hybridized carbons (Fsp3) is 0.417. The molecule has 2 aromatic rings. The molecule has 0 aliphatic heterocycles. The van der Waals surface area contributed by atoms with Crippen LogP contribution in [0.15, 0.2) is 42.5 Å². The Morgan fingerprint density at radius 1 is 1.07 bits per heavy atom. The Hall–Kier alpha value is -2.82. The molecule has 1 aliphatic rings. The Morgan fingerprint density at radius 3 is 2.31 bits per heavy atom. The summed E-state index contributed by atoms with van der Waals surface area (Å²) in [4.78, 5) is 24.5. The molecular weight excluding hydrogens is 366 g/mol. The third-order valence-corrected chi connectivity index (χ3v) is 6.90. The van der Waals surface area contributed by atoms with E-state index < -0.39 is 22.7 Å². The first kappa shape index (κ1) is 20.9. The number of carboxylic acid groups (broad SMARTS) is 1. The number of benzene rings is 2. The molecule has 0 bridgehead atoms. The highest BCUT2D eigenvalue weighted by Gasteiger charge is 2.54. The number of carboxylic acids is 1. The molecule has 5 nitrogen and oxygen atoms in total. The fourth-order valence-electron chi connectivity index (χ4n) is 4.12. The van der Waals surface area contributed by atoms with Crippen LogP contribution in [0.3, 0.4) is 0 Å². The van der Waals surface area contributed by atoms with Gasteiger partial charge in [-0.3, -0.25) is 4.79 Å². The molecule has 5 heteroatoms. The topological polar surface area (TPSA) is 78.5 Å². The molecule has 1 aliphatic carbocycles. The van der Waals surface area contributed by atoms with Gasteiger partial charge in [0, 0.05) is 23.0 Å². The largest absolute Gasteiger partial charge is 0.550 e. The second-order valence-electron chi connectivity index (χ2n) is 8.75. The lowest BCUT2D eigenvalue weighted by atomic mass is 9.65. The van der Waals surface area contributed by atoms with Gasteiger partial charge in [-0.2, -0.15) is 0 Å². The van der Waals surface area contributed by atoms with Crippen LogP contribution in [-0.2, 0) is 9.59 Å². The Labute approximate surface area is 172 Å². The molecular formula is C24H28NO4-. The van der Waals surface area contributed by atoms with E-state index in [4.69, 9.17) is 4.74 Å². The fourth-order valence-corrected chi connectivity index (χ4v) is 4.12. The van der Waals surface area contributed by atoms with Crippen LogP contribution in [0.1, 0.15) is 44.7 Å². The Bertz CT molecular complexity index is 932. The highest BCUT2D eigenvalue weighted by molar-refractivity contribution is 5.94. The number of hydrogen-bond acceptors (Lipinski definition) is 4. The third kappa shape index (κ3) is 3.74. The summed E-state index contributed by atoms with van der Waals surface area (Å²) >= 11 is 0. The lowest BCUT2D eigenvalue weighted by Crippen LogP contribution is -2.49. The molecule has 1 saturated carbocycles. The first-order valence-corrected chi connectivity index (χ1v) is 9.93. The maximum absolute atomic E-state index is 12.8. The van der Waals surface area contributed by atoms with Crippen LogP contribution in [0.4, 0.5) is 5.69 Å². The van der Waals surface area contributed by atoms with E-state index in [0.29, 0.717) is 24.3 Å². The van der Waals surface area contributed by atoms with E-state index in [9.17, 15) is 14.7 Å². The smallest absolute Gasteiger partial charge is 0.228 e. The van der Waals surface area contributed by atoms with Gasteiger partial charge in [-0.1, -0.05) is 32.9 Å². The number of nitrogens with one attached hydrogen (secondary N) is 1. The van der Waals surface area contributed by atoms with Crippen molar-refractivity contribution in [3.63, 3.8) is 0 Å². The van der Waals surface area contributed by atoms with E-state index in [1.165, 1.54) is 0 Å². The summed E-state index contributed by atoms with van der Waals surface area (Å²) in [6, 6.07) is 13.1. The van der Waals surface area contributed by atoms with Crippen LogP contribution < -0.4 is 15.2 Å². The van der Waals surface area contributed by atoms with Crippen LogP contribution in [-0.4, -0.2) is 11.9 Å². The van der Waals surface area contributed by atoms with Gasteiger partial charge in [0.05, 0.1) is 0 Å². The SMILES string of the molecule is Cc1cccc(Oc2ccc(NC(=O)[C@H]3CC[C@](C)(C(=O)[O-])C3(C)C)cc2)c1C. The van der Waals surface area contributed by atoms with E-state index in [2.05, 4.69) is 5.32 Å². The predicted molar refractivity (Wildman–Crippen MR) is 111 cm³/mol. The molecule has 0 aromatic heterocycles. The van der Waals surface area contributed by atoms with Crippen LogP contribution in [0.25, 0.3) is 0 Å². The first-order chi connectivity index (χ1) is 13.6. The van der Waals surface area contributed by atoms with Crippen molar-refractivity contribution in [1.29, 1.82) is 0 Å². The number of aryl methyl sites for hydroxylation is 1. The van der Waals surface area contributed by atoms with Gasteiger partial charge in [-0.15, -0.1) is 0 Å². The summed E-state index contributed by atoms with van der Waals surface area (Å²) < 4.78 is 5.95. The number of carbonyl (C=O) groups is 2. The summed E-state index contributed by atoms with van der Waals surface area (Å²) in [5.41, 5.74) is 1.19. The van der Waals surface area contributed by atoms with Gasteiger partial charge >= 0.3 is 0 Å². The minimum Gasteiger partial charge on any atom is -0.550 e. The van der Waals surface area contributed by atoms with Gasteiger partial charge in [0.25, 0.3) is 0 Å². The molecule has 1 N–H and O–H groups in total. The molecule has 0 heterocycles. The number of amides is 1. The number of rotatable bonds is 5. The van der Waals surface area contributed by atoms with E-state index in [1.54, 1.807) is 19.1 Å². The van der Waals surface area contributed by atoms with Crippen molar-refractivity contribution in [2.45, 2.75) is 47.5 Å². The molecule has 3 rings (SSSR count). The lowest BCUT2D eigenvalue weighted by Gasteiger charge is -2.41. The minimum absolute atomic E-state index is 0.164. The highest BCUT2D eigenvalue weighted by Crippen LogP contribution is 2.55. The average molecular weight is 394 g/mol. The summed E-state index contributed by atoms with van der Waals surface area (Å²) in [6.45, 7) is 9.40. The van der Waals surface area contributed by atoms with Gasteiger partial charge < -0.3 is 20.0 Å². The van der Waals surface area contributed by atoms with Crippen LogP contribution in [0.2, 0.25) is 0 Å². The van der Waals surface area contributed by atoms with Gasteiger partial charge in [-0.05, 0) is 73.6 Å². The summed E-state index contributed by atoms with van der Waals surface area (Å²) in [7, 11) is 0. The molecule has 1 amide bonds. The Morgan fingerprint density at radius 2 is 1.72 bits per heavy atom. The second kappa shape index (κ2) is 7.54. The summed E-state index contributed by atoms with van der Waals surface area (Å²) in [5.74, 6) is -0.163. The standard InChI is InChI=1S/C24H29NO4/c1-15-7-6-8-20(16(15)2)29-18-11-9-17(10-12-18)25-21(26)19-13-14-24(5,22(27)28)23(19,3)4/h6-12,19H,13-14H2,1-5H3,(H,25,26)(H,27,28)/p-1/t19-,24-/m1/s1. The highest BCUT2D eigenvalue weighted by atomic mass is 16.5. The molecule has 154 valence electrons.